The summed E-state index contributed by atoms with van der Waals surface area (Å²) in [7, 11) is 0. The molecule has 1 N–H and O–H groups in total. The third-order valence-corrected chi connectivity index (χ3v) is 4.46. The SMILES string of the molecule is CCNC(Cc1ccc(C(C)(C)C)cc1)C1CCC1. The van der Waals surface area contributed by atoms with Gasteiger partial charge in [-0.1, -0.05) is 58.4 Å². The highest BCUT2D eigenvalue weighted by molar-refractivity contribution is 5.28. The number of hydrogen-bond acceptors (Lipinski definition) is 1. The topological polar surface area (TPSA) is 12.0 Å². The molecule has 1 unspecified atom stereocenters. The maximum atomic E-state index is 3.68. The second-order valence-electron chi connectivity index (χ2n) is 7.01. The van der Waals surface area contributed by atoms with Gasteiger partial charge in [-0.3, -0.25) is 0 Å². The van der Waals surface area contributed by atoms with Gasteiger partial charge >= 0.3 is 0 Å². The standard InChI is InChI=1S/C18H29N/c1-5-19-17(15-7-6-8-15)13-14-9-11-16(12-10-14)18(2,3)4/h9-12,15,17,19H,5-8,13H2,1-4H3. The summed E-state index contributed by atoms with van der Waals surface area (Å²) in [6.45, 7) is 10.1. The van der Waals surface area contributed by atoms with Crippen LogP contribution in [-0.4, -0.2) is 12.6 Å². The van der Waals surface area contributed by atoms with Crippen LogP contribution >= 0.6 is 0 Å². The molecule has 1 fully saturated rings. The van der Waals surface area contributed by atoms with E-state index in [0.29, 0.717) is 6.04 Å². The van der Waals surface area contributed by atoms with Gasteiger partial charge in [-0.2, -0.15) is 0 Å². The van der Waals surface area contributed by atoms with Crippen molar-refractivity contribution in [1.82, 2.24) is 5.32 Å². The number of hydrogen-bond donors (Lipinski definition) is 1. The van der Waals surface area contributed by atoms with Crippen molar-refractivity contribution >= 4 is 0 Å². The number of nitrogens with one attached hydrogen (secondary N) is 1. The molecular weight excluding hydrogens is 230 g/mol. The van der Waals surface area contributed by atoms with Crippen LogP contribution < -0.4 is 5.32 Å². The van der Waals surface area contributed by atoms with Crippen molar-refractivity contribution in [3.63, 3.8) is 0 Å². The van der Waals surface area contributed by atoms with Gasteiger partial charge in [-0.25, -0.2) is 0 Å². The summed E-state index contributed by atoms with van der Waals surface area (Å²) in [5.74, 6) is 0.905. The quantitative estimate of drug-likeness (QED) is 0.831. The molecule has 1 aromatic carbocycles. The van der Waals surface area contributed by atoms with Crippen molar-refractivity contribution < 1.29 is 0 Å². The lowest BCUT2D eigenvalue weighted by molar-refractivity contribution is 0.229. The van der Waals surface area contributed by atoms with Crippen molar-refractivity contribution in [2.45, 2.75) is 64.8 Å². The van der Waals surface area contributed by atoms with Crippen molar-refractivity contribution in [1.29, 1.82) is 0 Å². The number of rotatable bonds is 5. The van der Waals surface area contributed by atoms with Crippen molar-refractivity contribution in [3.8, 4) is 0 Å². The van der Waals surface area contributed by atoms with Crippen LogP contribution in [0.5, 0.6) is 0 Å². The van der Waals surface area contributed by atoms with Gasteiger partial charge in [0.1, 0.15) is 0 Å². The first-order valence-electron chi connectivity index (χ1n) is 7.83. The lowest BCUT2D eigenvalue weighted by Crippen LogP contribution is -2.41. The van der Waals surface area contributed by atoms with Crippen LogP contribution in [0.2, 0.25) is 0 Å². The summed E-state index contributed by atoms with van der Waals surface area (Å²) in [6, 6.07) is 9.94. The summed E-state index contributed by atoms with van der Waals surface area (Å²) >= 11 is 0. The highest BCUT2D eigenvalue weighted by Crippen LogP contribution is 2.31. The van der Waals surface area contributed by atoms with E-state index in [4.69, 9.17) is 0 Å². The Kier molecular flexibility index (Phi) is 4.67. The molecule has 0 aromatic heterocycles. The van der Waals surface area contributed by atoms with Crippen LogP contribution in [0, 0.1) is 5.92 Å². The van der Waals surface area contributed by atoms with Crippen LogP contribution in [0.15, 0.2) is 24.3 Å². The molecule has 0 amide bonds. The van der Waals surface area contributed by atoms with Gasteiger partial charge in [0.05, 0.1) is 0 Å². The van der Waals surface area contributed by atoms with E-state index in [9.17, 15) is 0 Å². The fourth-order valence-electron chi connectivity index (χ4n) is 2.90. The van der Waals surface area contributed by atoms with E-state index < -0.39 is 0 Å². The molecule has 19 heavy (non-hydrogen) atoms. The Balaban J connectivity index is 2.00. The molecule has 1 aliphatic rings. The van der Waals surface area contributed by atoms with Gasteiger partial charge < -0.3 is 5.32 Å². The normalized spacial score (nSPS) is 18.1. The van der Waals surface area contributed by atoms with E-state index in [2.05, 4.69) is 57.3 Å². The highest BCUT2D eigenvalue weighted by Gasteiger charge is 2.26. The molecule has 0 radical (unpaired) electrons. The molecule has 1 nitrogen and oxygen atoms in total. The number of benzene rings is 1. The minimum absolute atomic E-state index is 0.258. The van der Waals surface area contributed by atoms with Crippen LogP contribution in [0.25, 0.3) is 0 Å². The summed E-state index contributed by atoms with van der Waals surface area (Å²) in [5, 5.41) is 3.68. The Morgan fingerprint density at radius 3 is 2.21 bits per heavy atom. The van der Waals surface area contributed by atoms with Crippen LogP contribution in [0.4, 0.5) is 0 Å². The van der Waals surface area contributed by atoms with Gasteiger partial charge in [-0.15, -0.1) is 0 Å². The first-order chi connectivity index (χ1) is 9.00. The molecule has 1 saturated carbocycles. The molecule has 0 bridgehead atoms. The summed E-state index contributed by atoms with van der Waals surface area (Å²) < 4.78 is 0. The Labute approximate surface area is 118 Å². The molecule has 106 valence electrons. The van der Waals surface area contributed by atoms with Crippen LogP contribution in [-0.2, 0) is 11.8 Å². The molecule has 1 atom stereocenters. The zero-order valence-corrected chi connectivity index (χ0v) is 13.0. The Morgan fingerprint density at radius 1 is 1.16 bits per heavy atom. The van der Waals surface area contributed by atoms with Gasteiger partial charge in [0.2, 0.25) is 0 Å². The molecular formula is C18H29N. The van der Waals surface area contributed by atoms with Crippen molar-refractivity contribution in [2.24, 2.45) is 5.92 Å². The van der Waals surface area contributed by atoms with E-state index in [1.807, 2.05) is 0 Å². The smallest absolute Gasteiger partial charge is 0.0136 e. The minimum atomic E-state index is 0.258. The van der Waals surface area contributed by atoms with Crippen molar-refractivity contribution in [2.75, 3.05) is 6.54 Å². The monoisotopic (exact) mass is 259 g/mol. The Bertz CT molecular complexity index is 381. The molecule has 0 heterocycles. The fraction of sp³-hybridized carbons (Fsp3) is 0.667. The molecule has 1 aliphatic carbocycles. The van der Waals surface area contributed by atoms with Gasteiger partial charge in [0.25, 0.3) is 0 Å². The highest BCUT2D eigenvalue weighted by atomic mass is 14.9. The third kappa shape index (κ3) is 3.82. The first-order valence-corrected chi connectivity index (χ1v) is 7.83. The third-order valence-electron chi connectivity index (χ3n) is 4.46. The van der Waals surface area contributed by atoms with Crippen molar-refractivity contribution in [3.05, 3.63) is 35.4 Å². The fourth-order valence-corrected chi connectivity index (χ4v) is 2.90. The number of likely N-dealkylation sites (N-methyl/N-ethyl adjacent to an activating group) is 1. The van der Waals surface area contributed by atoms with E-state index in [-0.39, 0.29) is 5.41 Å². The van der Waals surface area contributed by atoms with E-state index in [1.54, 1.807) is 0 Å². The van der Waals surface area contributed by atoms with Gasteiger partial charge in [0.15, 0.2) is 0 Å². The average molecular weight is 259 g/mol. The lowest BCUT2D eigenvalue weighted by atomic mass is 9.77. The molecule has 1 aromatic rings. The summed E-state index contributed by atoms with van der Waals surface area (Å²) in [6.07, 6.45) is 5.44. The molecule has 0 spiro atoms. The second-order valence-corrected chi connectivity index (χ2v) is 7.01. The maximum Gasteiger partial charge on any atom is 0.0136 e. The Morgan fingerprint density at radius 2 is 1.79 bits per heavy atom. The summed E-state index contributed by atoms with van der Waals surface area (Å²) in [5.41, 5.74) is 3.17. The zero-order valence-electron chi connectivity index (χ0n) is 13.0. The van der Waals surface area contributed by atoms with Gasteiger partial charge in [-0.05, 0) is 48.3 Å². The molecule has 2 rings (SSSR count). The van der Waals surface area contributed by atoms with E-state index in [0.717, 1.165) is 12.5 Å². The lowest BCUT2D eigenvalue weighted by Gasteiger charge is -2.34. The van der Waals surface area contributed by atoms with Gasteiger partial charge in [0, 0.05) is 6.04 Å². The predicted molar refractivity (Wildman–Crippen MR) is 83.7 cm³/mol. The zero-order chi connectivity index (χ0) is 13.9. The molecule has 0 aliphatic heterocycles. The summed E-state index contributed by atoms with van der Waals surface area (Å²) in [4.78, 5) is 0. The molecule has 0 saturated heterocycles. The minimum Gasteiger partial charge on any atom is -0.314 e. The maximum absolute atomic E-state index is 3.68. The first kappa shape index (κ1) is 14.6. The molecule has 1 heteroatoms. The average Bonchev–Trinajstić information content (AvgIpc) is 2.26. The Hall–Kier alpha value is -0.820. The largest absolute Gasteiger partial charge is 0.314 e. The van der Waals surface area contributed by atoms with Crippen LogP contribution in [0.1, 0.15) is 58.1 Å². The van der Waals surface area contributed by atoms with E-state index in [1.165, 1.54) is 36.8 Å². The predicted octanol–water partition coefficient (Wildman–Crippen LogP) is 4.30. The van der Waals surface area contributed by atoms with Crippen LogP contribution in [0.3, 0.4) is 0 Å². The second kappa shape index (κ2) is 6.09. The van der Waals surface area contributed by atoms with E-state index >= 15 is 0 Å².